The third kappa shape index (κ3) is 4.58. The molecule has 1 amide bonds. The van der Waals surface area contributed by atoms with Crippen molar-refractivity contribution in [2.45, 2.75) is 44.9 Å². The molecule has 0 bridgehead atoms. The van der Waals surface area contributed by atoms with Crippen LogP contribution in [0.25, 0.3) is 0 Å². The molecule has 8 heteroatoms. The molecule has 0 saturated heterocycles. The van der Waals surface area contributed by atoms with E-state index < -0.39 is 0 Å². The van der Waals surface area contributed by atoms with Crippen molar-refractivity contribution in [2.24, 2.45) is 0 Å². The molecule has 2 aromatic rings. The quantitative estimate of drug-likeness (QED) is 0.792. The number of benzene rings is 1. The molecule has 0 fully saturated rings. The first-order chi connectivity index (χ1) is 10.9. The minimum absolute atomic E-state index is 0. The molecule has 3 rings (SSSR count). The zero-order valence-electron chi connectivity index (χ0n) is 14.4. The van der Waals surface area contributed by atoms with Gasteiger partial charge in [-0.2, -0.15) is 5.10 Å². The molecule has 0 spiro atoms. The largest absolute Gasteiger partial charge is 0.487 e. The van der Waals surface area contributed by atoms with Gasteiger partial charge in [0.2, 0.25) is 5.91 Å². The first-order valence-corrected chi connectivity index (χ1v) is 7.74. The predicted octanol–water partition coefficient (Wildman–Crippen LogP) is 3.29. The number of anilines is 1. The molecular weight excluding hydrogens is 363 g/mol. The molecule has 1 aromatic carbocycles. The van der Waals surface area contributed by atoms with Crippen LogP contribution in [0.2, 0.25) is 0 Å². The normalized spacial score (nSPS) is 18.6. The maximum absolute atomic E-state index is 12.6. The van der Waals surface area contributed by atoms with E-state index in [2.05, 4.69) is 10.4 Å². The maximum atomic E-state index is 12.6. The zero-order valence-corrected chi connectivity index (χ0v) is 16.1. The van der Waals surface area contributed by atoms with Crippen LogP contribution in [0.4, 0.5) is 5.69 Å². The number of nitrogens with zero attached hydrogens (tertiary/aromatic N) is 2. The standard InChI is InChI=1S/C17H22N4O2.2ClH/c1-11(21-8-4-7-19-21)16(22)20-14-10-17(2,3)23-15-6-5-12(18)9-13(14)15;;/h4-9,11,14H,10,18H2,1-3H3,(H,20,22);2*1H. The lowest BCUT2D eigenvalue weighted by Gasteiger charge is -2.38. The molecule has 2 atom stereocenters. The summed E-state index contributed by atoms with van der Waals surface area (Å²) in [7, 11) is 0. The second-order valence-corrected chi connectivity index (χ2v) is 6.59. The third-order valence-corrected chi connectivity index (χ3v) is 4.11. The number of ether oxygens (including phenoxy) is 1. The maximum Gasteiger partial charge on any atom is 0.245 e. The second-order valence-electron chi connectivity index (χ2n) is 6.59. The zero-order chi connectivity index (χ0) is 16.6. The highest BCUT2D eigenvalue weighted by Crippen LogP contribution is 2.40. The number of nitrogens with two attached hydrogens (primary N) is 1. The molecule has 1 aliphatic rings. The fourth-order valence-corrected chi connectivity index (χ4v) is 2.92. The average molecular weight is 387 g/mol. The summed E-state index contributed by atoms with van der Waals surface area (Å²) in [5, 5.41) is 7.24. The summed E-state index contributed by atoms with van der Waals surface area (Å²) in [6, 6.07) is 6.83. The van der Waals surface area contributed by atoms with E-state index in [9.17, 15) is 4.79 Å². The van der Waals surface area contributed by atoms with Gasteiger partial charge in [-0.25, -0.2) is 0 Å². The van der Waals surface area contributed by atoms with Crippen molar-refractivity contribution < 1.29 is 9.53 Å². The van der Waals surface area contributed by atoms with Crippen molar-refractivity contribution in [3.8, 4) is 5.75 Å². The van der Waals surface area contributed by atoms with Crippen LogP contribution in [-0.2, 0) is 4.79 Å². The molecule has 0 radical (unpaired) electrons. The number of halogens is 2. The fraction of sp³-hybridized carbons (Fsp3) is 0.412. The monoisotopic (exact) mass is 386 g/mol. The summed E-state index contributed by atoms with van der Waals surface area (Å²) in [5.41, 5.74) is 7.13. The van der Waals surface area contributed by atoms with Crippen molar-refractivity contribution in [3.05, 3.63) is 42.2 Å². The van der Waals surface area contributed by atoms with E-state index in [0.717, 1.165) is 11.3 Å². The van der Waals surface area contributed by atoms with Crippen LogP contribution in [0.1, 0.15) is 44.8 Å². The Morgan fingerprint density at radius 1 is 1.44 bits per heavy atom. The highest BCUT2D eigenvalue weighted by Gasteiger charge is 2.35. The van der Waals surface area contributed by atoms with E-state index >= 15 is 0 Å². The van der Waals surface area contributed by atoms with Gasteiger partial charge in [-0.1, -0.05) is 0 Å². The van der Waals surface area contributed by atoms with Crippen molar-refractivity contribution in [1.82, 2.24) is 15.1 Å². The van der Waals surface area contributed by atoms with Crippen LogP contribution in [0.15, 0.2) is 36.7 Å². The van der Waals surface area contributed by atoms with E-state index in [0.29, 0.717) is 12.1 Å². The Kier molecular flexibility index (Phi) is 6.74. The van der Waals surface area contributed by atoms with Gasteiger partial charge in [0.15, 0.2) is 0 Å². The summed E-state index contributed by atoms with van der Waals surface area (Å²) in [6.07, 6.45) is 4.13. The van der Waals surface area contributed by atoms with Crippen LogP contribution in [0, 0.1) is 0 Å². The summed E-state index contributed by atoms with van der Waals surface area (Å²) in [4.78, 5) is 12.6. The Labute approximate surface area is 159 Å². The molecule has 2 heterocycles. The van der Waals surface area contributed by atoms with Gasteiger partial charge >= 0.3 is 0 Å². The number of fused-ring (bicyclic) bond motifs is 1. The molecule has 1 aliphatic heterocycles. The Balaban J connectivity index is 0.00000156. The Bertz CT molecular complexity index is 719. The number of hydrogen-bond donors (Lipinski definition) is 2. The van der Waals surface area contributed by atoms with Crippen molar-refractivity contribution in [1.29, 1.82) is 0 Å². The van der Waals surface area contributed by atoms with Crippen LogP contribution >= 0.6 is 24.8 Å². The van der Waals surface area contributed by atoms with Gasteiger partial charge in [-0.15, -0.1) is 24.8 Å². The van der Waals surface area contributed by atoms with Gasteiger partial charge in [0.05, 0.1) is 6.04 Å². The lowest BCUT2D eigenvalue weighted by atomic mass is 9.89. The second kappa shape index (κ2) is 7.97. The summed E-state index contributed by atoms with van der Waals surface area (Å²) >= 11 is 0. The topological polar surface area (TPSA) is 82.2 Å². The number of carbonyl (C=O) groups excluding carboxylic acids is 1. The lowest BCUT2D eigenvalue weighted by Crippen LogP contribution is -2.43. The number of nitrogen functional groups attached to an aromatic ring is 1. The molecule has 0 aliphatic carbocycles. The minimum atomic E-state index is -0.375. The molecular formula is C17H24Cl2N4O2. The molecule has 3 N–H and O–H groups in total. The molecule has 2 unspecified atom stereocenters. The first kappa shape index (κ1) is 21.1. The number of rotatable bonds is 3. The molecule has 25 heavy (non-hydrogen) atoms. The summed E-state index contributed by atoms with van der Waals surface area (Å²) in [5.74, 6) is 0.692. The van der Waals surface area contributed by atoms with Crippen LogP contribution in [-0.4, -0.2) is 21.3 Å². The van der Waals surface area contributed by atoms with Crippen molar-refractivity contribution in [2.75, 3.05) is 5.73 Å². The van der Waals surface area contributed by atoms with E-state index in [1.54, 1.807) is 23.1 Å². The molecule has 1 aromatic heterocycles. The molecule has 138 valence electrons. The smallest absolute Gasteiger partial charge is 0.245 e. The van der Waals surface area contributed by atoms with Crippen LogP contribution < -0.4 is 15.8 Å². The Morgan fingerprint density at radius 3 is 2.80 bits per heavy atom. The predicted molar refractivity (Wildman–Crippen MR) is 102 cm³/mol. The highest BCUT2D eigenvalue weighted by atomic mass is 35.5. The Hall–Kier alpha value is -1.92. The van der Waals surface area contributed by atoms with Gasteiger partial charge in [-0.3, -0.25) is 9.48 Å². The minimum Gasteiger partial charge on any atom is -0.487 e. The van der Waals surface area contributed by atoms with Crippen LogP contribution in [0.3, 0.4) is 0 Å². The number of aromatic nitrogens is 2. The summed E-state index contributed by atoms with van der Waals surface area (Å²) < 4.78 is 7.63. The fourth-order valence-electron chi connectivity index (χ4n) is 2.92. The van der Waals surface area contributed by atoms with Crippen molar-refractivity contribution in [3.63, 3.8) is 0 Å². The SMILES string of the molecule is CC(C(=O)NC1CC(C)(C)Oc2ccc(N)cc21)n1cccn1.Cl.Cl. The first-order valence-electron chi connectivity index (χ1n) is 7.74. The van der Waals surface area contributed by atoms with E-state index in [4.69, 9.17) is 10.5 Å². The average Bonchev–Trinajstić information content (AvgIpc) is 3.00. The van der Waals surface area contributed by atoms with E-state index in [1.165, 1.54) is 0 Å². The summed E-state index contributed by atoms with van der Waals surface area (Å²) in [6.45, 7) is 5.86. The van der Waals surface area contributed by atoms with Gasteiger partial charge in [0, 0.05) is 30.1 Å². The Morgan fingerprint density at radius 2 is 2.16 bits per heavy atom. The lowest BCUT2D eigenvalue weighted by molar-refractivity contribution is -0.125. The molecule has 0 saturated carbocycles. The van der Waals surface area contributed by atoms with E-state index in [1.807, 2.05) is 39.0 Å². The van der Waals surface area contributed by atoms with Gasteiger partial charge in [0.1, 0.15) is 17.4 Å². The van der Waals surface area contributed by atoms with Gasteiger partial charge in [-0.05, 0) is 45.0 Å². The highest BCUT2D eigenvalue weighted by molar-refractivity contribution is 5.85. The number of hydrogen-bond acceptors (Lipinski definition) is 4. The number of nitrogens with one attached hydrogen (secondary N) is 1. The van der Waals surface area contributed by atoms with Crippen LogP contribution in [0.5, 0.6) is 5.75 Å². The molecule has 6 nitrogen and oxygen atoms in total. The third-order valence-electron chi connectivity index (χ3n) is 4.11. The van der Waals surface area contributed by atoms with E-state index in [-0.39, 0.29) is 48.4 Å². The number of carbonyl (C=O) groups is 1. The number of amides is 1. The van der Waals surface area contributed by atoms with Gasteiger partial charge < -0.3 is 15.8 Å². The van der Waals surface area contributed by atoms with Gasteiger partial charge in [0.25, 0.3) is 0 Å². The van der Waals surface area contributed by atoms with Crippen molar-refractivity contribution >= 4 is 36.4 Å².